The second kappa shape index (κ2) is 8.30. The summed E-state index contributed by atoms with van der Waals surface area (Å²) in [4.78, 5) is 34.6. The minimum Gasteiger partial charge on any atom is -0.449 e. The number of rotatable bonds is 4. The Morgan fingerprint density at radius 3 is 1.89 bits per heavy atom. The summed E-state index contributed by atoms with van der Waals surface area (Å²) in [5.74, 6) is -7.65. The largest absolute Gasteiger partial charge is 0.493 e. The molecule has 27 heavy (non-hydrogen) atoms. The molecule has 0 aliphatic heterocycles. The van der Waals surface area contributed by atoms with Gasteiger partial charge in [-0.05, 0) is 39.5 Å². The fourth-order valence-corrected chi connectivity index (χ4v) is 2.70. The monoisotopic (exact) mass is 403 g/mol. The zero-order chi connectivity index (χ0) is 21.2. The number of ether oxygens (including phenoxy) is 1. The van der Waals surface area contributed by atoms with Gasteiger partial charge in [0.05, 0.1) is 5.92 Å². The van der Waals surface area contributed by atoms with Gasteiger partial charge in [0.1, 0.15) is 0 Å². The number of amides is 2. The molecule has 1 saturated carbocycles. The first-order valence-electron chi connectivity index (χ1n) is 8.04. The van der Waals surface area contributed by atoms with Crippen LogP contribution in [0.4, 0.5) is 26.3 Å². The smallest absolute Gasteiger partial charge is 0.449 e. The number of alkyl halides is 6. The highest BCUT2D eigenvalue weighted by Gasteiger charge is 2.51. The first-order valence-corrected chi connectivity index (χ1v) is 8.04. The first kappa shape index (κ1) is 23.0. The maximum absolute atomic E-state index is 13.2. The van der Waals surface area contributed by atoms with E-state index in [0.717, 1.165) is 6.92 Å². The zero-order valence-corrected chi connectivity index (χ0v) is 14.6. The van der Waals surface area contributed by atoms with Crippen LogP contribution in [-0.2, 0) is 19.1 Å². The Bertz CT molecular complexity index is 605. The van der Waals surface area contributed by atoms with Crippen molar-refractivity contribution in [3.63, 3.8) is 0 Å². The summed E-state index contributed by atoms with van der Waals surface area (Å²) in [6.07, 6.45) is -13.7. The van der Waals surface area contributed by atoms with E-state index in [2.05, 4.69) is 11.3 Å². The SMILES string of the molecule is C=C(C)C(=O)OC(C)C(=O)N(C(=O)C1CCC(C(F)(F)F)CC1)C(F)(F)F. The quantitative estimate of drug-likeness (QED) is 0.311. The van der Waals surface area contributed by atoms with Crippen molar-refractivity contribution in [2.75, 3.05) is 0 Å². The van der Waals surface area contributed by atoms with Gasteiger partial charge in [-0.25, -0.2) is 4.79 Å². The van der Waals surface area contributed by atoms with E-state index in [1.807, 2.05) is 0 Å². The summed E-state index contributed by atoms with van der Waals surface area (Å²) < 4.78 is 82.2. The molecule has 0 aromatic heterocycles. The lowest BCUT2D eigenvalue weighted by atomic mass is 9.81. The first-order chi connectivity index (χ1) is 12.2. The lowest BCUT2D eigenvalue weighted by Gasteiger charge is -2.33. The third kappa shape index (κ3) is 5.96. The Morgan fingerprint density at radius 2 is 1.52 bits per heavy atom. The molecule has 1 rings (SSSR count). The molecule has 0 heterocycles. The van der Waals surface area contributed by atoms with Gasteiger partial charge in [-0.3, -0.25) is 9.59 Å². The molecule has 154 valence electrons. The van der Waals surface area contributed by atoms with Gasteiger partial charge in [0.2, 0.25) is 5.91 Å². The fraction of sp³-hybridized carbons (Fsp3) is 0.688. The minimum atomic E-state index is -5.40. The standard InChI is InChI=1S/C16H19F6NO4/c1-8(2)14(26)27-9(3)12(24)23(16(20,21)22)13(25)10-4-6-11(7-5-10)15(17,18)19/h9-11H,1,4-7H2,2-3H3. The Kier molecular flexibility index (Phi) is 7.06. The van der Waals surface area contributed by atoms with E-state index in [0.29, 0.717) is 0 Å². The molecule has 0 aromatic rings. The van der Waals surface area contributed by atoms with Gasteiger partial charge in [0.15, 0.2) is 6.10 Å². The number of carbonyl (C=O) groups excluding carboxylic acids is 3. The van der Waals surface area contributed by atoms with Crippen molar-refractivity contribution in [1.29, 1.82) is 0 Å². The van der Waals surface area contributed by atoms with Crippen molar-refractivity contribution in [1.82, 2.24) is 4.90 Å². The summed E-state index contributed by atoms with van der Waals surface area (Å²) in [7, 11) is 0. The molecule has 0 saturated heterocycles. The highest BCUT2D eigenvalue weighted by Crippen LogP contribution is 2.40. The van der Waals surface area contributed by atoms with E-state index in [1.165, 1.54) is 6.92 Å². The Hall–Kier alpha value is -2.07. The molecule has 1 unspecified atom stereocenters. The molecule has 2 amide bonds. The van der Waals surface area contributed by atoms with E-state index in [9.17, 15) is 40.7 Å². The van der Waals surface area contributed by atoms with Crippen molar-refractivity contribution in [3.05, 3.63) is 12.2 Å². The Labute approximate surface area is 151 Å². The predicted octanol–water partition coefficient (Wildman–Crippen LogP) is 3.74. The van der Waals surface area contributed by atoms with Crippen LogP contribution in [0.2, 0.25) is 0 Å². The van der Waals surface area contributed by atoms with Crippen LogP contribution >= 0.6 is 0 Å². The third-order valence-corrected chi connectivity index (χ3v) is 4.21. The minimum absolute atomic E-state index is 0.162. The van der Waals surface area contributed by atoms with Crippen LogP contribution in [0.3, 0.4) is 0 Å². The zero-order valence-electron chi connectivity index (χ0n) is 14.6. The average Bonchev–Trinajstić information content (AvgIpc) is 2.52. The van der Waals surface area contributed by atoms with Crippen molar-refractivity contribution < 1.29 is 45.5 Å². The molecule has 0 N–H and O–H groups in total. The molecular weight excluding hydrogens is 384 g/mol. The van der Waals surface area contributed by atoms with Crippen molar-refractivity contribution >= 4 is 17.8 Å². The topological polar surface area (TPSA) is 63.7 Å². The third-order valence-electron chi connectivity index (χ3n) is 4.21. The van der Waals surface area contributed by atoms with E-state index in [1.54, 1.807) is 0 Å². The van der Waals surface area contributed by atoms with Crippen molar-refractivity contribution in [3.8, 4) is 0 Å². The van der Waals surface area contributed by atoms with Crippen LogP contribution in [0.15, 0.2) is 12.2 Å². The molecule has 1 aliphatic carbocycles. The van der Waals surface area contributed by atoms with Gasteiger partial charge in [0.25, 0.3) is 5.91 Å². The number of nitrogens with zero attached hydrogens (tertiary/aromatic N) is 1. The predicted molar refractivity (Wildman–Crippen MR) is 79.8 cm³/mol. The molecular formula is C16H19F6NO4. The van der Waals surface area contributed by atoms with Crippen LogP contribution in [0.1, 0.15) is 39.5 Å². The van der Waals surface area contributed by atoms with Crippen molar-refractivity contribution in [2.45, 2.75) is 58.1 Å². The highest BCUT2D eigenvalue weighted by molar-refractivity contribution is 6.00. The molecule has 5 nitrogen and oxygen atoms in total. The van der Waals surface area contributed by atoms with E-state index in [-0.39, 0.29) is 5.57 Å². The summed E-state index contributed by atoms with van der Waals surface area (Å²) in [6.45, 7) is 5.29. The summed E-state index contributed by atoms with van der Waals surface area (Å²) in [5, 5.41) is 0. The molecule has 0 spiro atoms. The van der Waals surface area contributed by atoms with Gasteiger partial charge in [-0.15, -0.1) is 13.2 Å². The number of imide groups is 1. The van der Waals surface area contributed by atoms with Crippen molar-refractivity contribution in [2.24, 2.45) is 11.8 Å². The summed E-state index contributed by atoms with van der Waals surface area (Å²) in [5.41, 5.74) is -0.162. The van der Waals surface area contributed by atoms with E-state index < -0.39 is 78.8 Å². The number of halogens is 6. The van der Waals surface area contributed by atoms with Gasteiger partial charge in [-0.1, -0.05) is 6.58 Å². The lowest BCUT2D eigenvalue weighted by molar-refractivity contribution is -0.243. The number of carbonyl (C=O) groups is 3. The second-order valence-corrected chi connectivity index (χ2v) is 6.40. The number of hydrogen-bond donors (Lipinski definition) is 0. The molecule has 0 radical (unpaired) electrons. The normalized spacial score (nSPS) is 21.9. The fourth-order valence-electron chi connectivity index (χ4n) is 2.70. The molecule has 1 fully saturated rings. The lowest BCUT2D eigenvalue weighted by Crippen LogP contribution is -2.53. The molecule has 0 aromatic carbocycles. The number of hydrogen-bond acceptors (Lipinski definition) is 4. The van der Waals surface area contributed by atoms with Gasteiger partial charge >= 0.3 is 18.4 Å². The molecule has 11 heteroatoms. The van der Waals surface area contributed by atoms with Crippen LogP contribution in [-0.4, -0.2) is 41.3 Å². The Balaban J connectivity index is 2.92. The molecule has 1 atom stereocenters. The van der Waals surface area contributed by atoms with Gasteiger partial charge in [0, 0.05) is 11.5 Å². The number of esters is 1. The van der Waals surface area contributed by atoms with E-state index >= 15 is 0 Å². The average molecular weight is 403 g/mol. The maximum atomic E-state index is 13.2. The van der Waals surface area contributed by atoms with E-state index in [4.69, 9.17) is 0 Å². The molecule has 1 aliphatic rings. The molecule has 0 bridgehead atoms. The van der Waals surface area contributed by atoms with Gasteiger partial charge < -0.3 is 4.74 Å². The maximum Gasteiger partial charge on any atom is 0.493 e. The summed E-state index contributed by atoms with van der Waals surface area (Å²) >= 11 is 0. The van der Waals surface area contributed by atoms with Crippen LogP contribution in [0, 0.1) is 11.8 Å². The second-order valence-electron chi connectivity index (χ2n) is 6.40. The highest BCUT2D eigenvalue weighted by atomic mass is 19.4. The van der Waals surface area contributed by atoms with Crippen LogP contribution < -0.4 is 0 Å². The van der Waals surface area contributed by atoms with Gasteiger partial charge in [-0.2, -0.15) is 18.1 Å². The summed E-state index contributed by atoms with van der Waals surface area (Å²) in [6, 6.07) is 0. The van der Waals surface area contributed by atoms with Crippen LogP contribution in [0.25, 0.3) is 0 Å². The van der Waals surface area contributed by atoms with Crippen LogP contribution in [0.5, 0.6) is 0 Å². The Morgan fingerprint density at radius 1 is 1.04 bits per heavy atom.